The Kier molecular flexibility index (Phi) is 6.46. The van der Waals surface area contributed by atoms with Gasteiger partial charge in [0.15, 0.2) is 0 Å². The third kappa shape index (κ3) is 5.44. The summed E-state index contributed by atoms with van der Waals surface area (Å²) in [6.07, 6.45) is 1.87. The highest BCUT2D eigenvalue weighted by Crippen LogP contribution is 2.22. The largest absolute Gasteiger partial charge is 0.460 e. The van der Waals surface area contributed by atoms with Gasteiger partial charge < -0.3 is 14.4 Å². The Balaban J connectivity index is 1.51. The van der Waals surface area contributed by atoms with Crippen LogP contribution in [-0.2, 0) is 20.9 Å². The van der Waals surface area contributed by atoms with E-state index >= 15 is 0 Å². The predicted molar refractivity (Wildman–Crippen MR) is 101 cm³/mol. The summed E-state index contributed by atoms with van der Waals surface area (Å²) >= 11 is 1.36. The number of carbonyl (C=O) groups is 1. The first kappa shape index (κ1) is 18.7. The van der Waals surface area contributed by atoms with E-state index in [1.165, 1.54) is 18.1 Å². The fourth-order valence-corrected chi connectivity index (χ4v) is 3.52. The first-order valence-electron chi connectivity index (χ1n) is 8.65. The molecule has 138 valence electrons. The SMILES string of the molecule is CC1CN(c2cc(SCC(=O)OCc3ccccc3)ncn2)CC(C)O1. The van der Waals surface area contributed by atoms with Crippen LogP contribution < -0.4 is 4.90 Å². The van der Waals surface area contributed by atoms with Gasteiger partial charge in [0.2, 0.25) is 0 Å². The zero-order valence-corrected chi connectivity index (χ0v) is 15.8. The second-order valence-electron chi connectivity index (χ2n) is 6.31. The molecule has 26 heavy (non-hydrogen) atoms. The average Bonchev–Trinajstić information content (AvgIpc) is 2.65. The zero-order valence-electron chi connectivity index (χ0n) is 15.0. The van der Waals surface area contributed by atoms with Crippen LogP contribution in [0.5, 0.6) is 0 Å². The summed E-state index contributed by atoms with van der Waals surface area (Å²) in [4.78, 5) is 22.8. The number of carbonyl (C=O) groups excluding carboxylic acids is 1. The maximum Gasteiger partial charge on any atom is 0.316 e. The monoisotopic (exact) mass is 373 g/mol. The summed E-state index contributed by atoms with van der Waals surface area (Å²) < 4.78 is 11.1. The Morgan fingerprint density at radius 2 is 1.96 bits per heavy atom. The maximum atomic E-state index is 11.9. The van der Waals surface area contributed by atoms with Crippen LogP contribution in [0.4, 0.5) is 5.82 Å². The third-order valence-electron chi connectivity index (χ3n) is 3.95. The van der Waals surface area contributed by atoms with Crippen LogP contribution in [0.15, 0.2) is 47.8 Å². The number of ether oxygens (including phenoxy) is 2. The van der Waals surface area contributed by atoms with Crippen LogP contribution in [0.25, 0.3) is 0 Å². The smallest absolute Gasteiger partial charge is 0.316 e. The highest BCUT2D eigenvalue weighted by atomic mass is 32.2. The lowest BCUT2D eigenvalue weighted by Gasteiger charge is -2.36. The molecule has 6 nitrogen and oxygen atoms in total. The van der Waals surface area contributed by atoms with Gasteiger partial charge >= 0.3 is 5.97 Å². The number of nitrogens with zero attached hydrogens (tertiary/aromatic N) is 3. The topological polar surface area (TPSA) is 64.6 Å². The van der Waals surface area contributed by atoms with E-state index in [1.807, 2.05) is 36.4 Å². The van der Waals surface area contributed by atoms with E-state index in [-0.39, 0.29) is 23.9 Å². The molecule has 0 aliphatic carbocycles. The molecule has 2 heterocycles. The second-order valence-corrected chi connectivity index (χ2v) is 7.31. The average molecular weight is 373 g/mol. The van der Waals surface area contributed by atoms with Crippen molar-refractivity contribution in [3.8, 4) is 0 Å². The first-order valence-corrected chi connectivity index (χ1v) is 9.63. The van der Waals surface area contributed by atoms with Crippen LogP contribution in [0.2, 0.25) is 0 Å². The van der Waals surface area contributed by atoms with E-state index in [0.717, 1.165) is 29.5 Å². The summed E-state index contributed by atoms with van der Waals surface area (Å²) in [5.74, 6) is 0.828. The van der Waals surface area contributed by atoms with Crippen molar-refractivity contribution in [1.29, 1.82) is 0 Å². The van der Waals surface area contributed by atoms with Gasteiger partial charge in [-0.15, -0.1) is 0 Å². The molecule has 3 rings (SSSR count). The second kappa shape index (κ2) is 9.00. The molecule has 0 amide bonds. The molecule has 1 aromatic heterocycles. The Hall–Kier alpha value is -2.12. The van der Waals surface area contributed by atoms with Crippen LogP contribution in [-0.4, -0.2) is 47.0 Å². The molecule has 7 heteroatoms. The normalized spacial score (nSPS) is 20.0. The number of rotatable bonds is 6. The molecule has 0 spiro atoms. The lowest BCUT2D eigenvalue weighted by molar-refractivity contribution is -0.141. The van der Waals surface area contributed by atoms with E-state index in [0.29, 0.717) is 6.61 Å². The van der Waals surface area contributed by atoms with Crippen molar-refractivity contribution >= 4 is 23.5 Å². The quantitative estimate of drug-likeness (QED) is 0.438. The molecular formula is C19H23N3O3S. The predicted octanol–water partition coefficient (Wildman–Crippen LogP) is 2.93. The molecule has 0 bridgehead atoms. The Morgan fingerprint density at radius 3 is 2.69 bits per heavy atom. The Bertz CT molecular complexity index is 719. The number of hydrogen-bond acceptors (Lipinski definition) is 7. The van der Waals surface area contributed by atoms with Crippen molar-refractivity contribution in [3.05, 3.63) is 48.3 Å². The minimum atomic E-state index is -0.257. The van der Waals surface area contributed by atoms with Crippen molar-refractivity contribution in [3.63, 3.8) is 0 Å². The number of anilines is 1. The van der Waals surface area contributed by atoms with Gasteiger partial charge in [-0.1, -0.05) is 42.1 Å². The highest BCUT2D eigenvalue weighted by molar-refractivity contribution is 7.99. The van der Waals surface area contributed by atoms with Gasteiger partial charge in [-0.3, -0.25) is 4.79 Å². The summed E-state index contributed by atoms with van der Waals surface area (Å²) in [5.41, 5.74) is 0.978. The lowest BCUT2D eigenvalue weighted by atomic mass is 10.2. The van der Waals surface area contributed by atoms with E-state index in [2.05, 4.69) is 28.7 Å². The fraction of sp³-hybridized carbons (Fsp3) is 0.421. The number of benzene rings is 1. The lowest BCUT2D eigenvalue weighted by Crippen LogP contribution is -2.45. The third-order valence-corrected chi connectivity index (χ3v) is 4.85. The number of esters is 1. The minimum Gasteiger partial charge on any atom is -0.460 e. The molecule has 2 aromatic rings. The van der Waals surface area contributed by atoms with Gasteiger partial charge in [0.25, 0.3) is 0 Å². The van der Waals surface area contributed by atoms with Crippen LogP contribution in [0, 0.1) is 0 Å². The van der Waals surface area contributed by atoms with Crippen molar-refractivity contribution in [2.24, 2.45) is 0 Å². The molecule has 1 aromatic carbocycles. The van der Waals surface area contributed by atoms with Gasteiger partial charge in [0, 0.05) is 19.2 Å². The number of aromatic nitrogens is 2. The number of morpholine rings is 1. The summed E-state index contributed by atoms with van der Waals surface area (Å²) in [6, 6.07) is 11.6. The van der Waals surface area contributed by atoms with Crippen molar-refractivity contribution < 1.29 is 14.3 Å². The van der Waals surface area contributed by atoms with E-state index in [9.17, 15) is 4.79 Å². The fourth-order valence-electron chi connectivity index (χ4n) is 2.86. The summed E-state index contributed by atoms with van der Waals surface area (Å²) in [7, 11) is 0. The standard InChI is InChI=1S/C19H23N3O3S/c1-14-9-22(10-15(2)25-14)17-8-18(21-13-20-17)26-12-19(23)24-11-16-6-4-3-5-7-16/h3-8,13-15H,9-12H2,1-2H3. The summed E-state index contributed by atoms with van der Waals surface area (Å²) in [6.45, 7) is 6.00. The Morgan fingerprint density at radius 1 is 1.23 bits per heavy atom. The highest BCUT2D eigenvalue weighted by Gasteiger charge is 2.23. The van der Waals surface area contributed by atoms with E-state index in [1.54, 1.807) is 0 Å². The van der Waals surface area contributed by atoms with E-state index < -0.39 is 0 Å². The molecule has 1 fully saturated rings. The molecule has 2 atom stereocenters. The van der Waals surface area contributed by atoms with Gasteiger partial charge in [-0.05, 0) is 19.4 Å². The molecular weight excluding hydrogens is 350 g/mol. The molecule has 0 radical (unpaired) electrons. The number of hydrogen-bond donors (Lipinski definition) is 0. The van der Waals surface area contributed by atoms with Crippen LogP contribution >= 0.6 is 11.8 Å². The number of thioether (sulfide) groups is 1. The minimum absolute atomic E-state index is 0.165. The molecule has 0 N–H and O–H groups in total. The van der Waals surface area contributed by atoms with Crippen molar-refractivity contribution in [1.82, 2.24) is 9.97 Å². The van der Waals surface area contributed by atoms with E-state index in [4.69, 9.17) is 9.47 Å². The van der Waals surface area contributed by atoms with Crippen molar-refractivity contribution in [2.75, 3.05) is 23.7 Å². The summed E-state index contributed by atoms with van der Waals surface area (Å²) in [5, 5.41) is 0.762. The zero-order chi connectivity index (χ0) is 18.4. The molecule has 1 saturated heterocycles. The van der Waals surface area contributed by atoms with Gasteiger partial charge in [0.1, 0.15) is 23.8 Å². The molecule has 1 aliphatic heterocycles. The van der Waals surface area contributed by atoms with Crippen LogP contribution in [0.1, 0.15) is 19.4 Å². The van der Waals surface area contributed by atoms with Gasteiger partial charge in [-0.2, -0.15) is 0 Å². The first-order chi connectivity index (χ1) is 12.6. The molecule has 2 unspecified atom stereocenters. The Labute approximate surface area is 157 Å². The van der Waals surface area contributed by atoms with Gasteiger partial charge in [-0.25, -0.2) is 9.97 Å². The van der Waals surface area contributed by atoms with Crippen molar-refractivity contribution in [2.45, 2.75) is 37.7 Å². The molecule has 1 aliphatic rings. The van der Waals surface area contributed by atoms with Crippen LogP contribution in [0.3, 0.4) is 0 Å². The van der Waals surface area contributed by atoms with Gasteiger partial charge in [0.05, 0.1) is 18.0 Å². The maximum absolute atomic E-state index is 11.9. The molecule has 0 saturated carbocycles.